The minimum Gasteiger partial charge on any atom is -0.481 e. The number of hydrogen-bond donors (Lipinski definition) is 1. The first-order chi connectivity index (χ1) is 8.08. The van der Waals surface area contributed by atoms with Gasteiger partial charge in [0.2, 0.25) is 0 Å². The number of hydrogen-bond acceptors (Lipinski definition) is 2. The smallest absolute Gasteiger partial charge is 0.308 e. The molecule has 17 heavy (non-hydrogen) atoms. The van der Waals surface area contributed by atoms with Gasteiger partial charge in [0, 0.05) is 12.6 Å². The number of aliphatic carboxylic acids is 1. The SMILES string of the molecule is CC1CCC(C(=O)O)C(N2CCCC(C)C2)C1. The zero-order valence-corrected chi connectivity index (χ0v) is 11.1. The summed E-state index contributed by atoms with van der Waals surface area (Å²) in [7, 11) is 0. The van der Waals surface area contributed by atoms with Gasteiger partial charge in [-0.05, 0) is 50.5 Å². The van der Waals surface area contributed by atoms with Crippen LogP contribution in [0.4, 0.5) is 0 Å². The minimum absolute atomic E-state index is 0.128. The first-order valence-corrected chi connectivity index (χ1v) is 7.04. The molecule has 3 nitrogen and oxygen atoms in total. The van der Waals surface area contributed by atoms with E-state index in [0.29, 0.717) is 12.0 Å². The number of carboxylic acids is 1. The van der Waals surface area contributed by atoms with Crippen LogP contribution in [0.3, 0.4) is 0 Å². The van der Waals surface area contributed by atoms with Crippen molar-refractivity contribution in [1.82, 2.24) is 4.90 Å². The molecule has 1 heterocycles. The molecule has 0 bridgehead atoms. The van der Waals surface area contributed by atoms with Gasteiger partial charge in [-0.3, -0.25) is 9.69 Å². The maximum atomic E-state index is 11.4. The predicted molar refractivity (Wildman–Crippen MR) is 67.9 cm³/mol. The molecule has 0 aromatic rings. The van der Waals surface area contributed by atoms with Crippen LogP contribution < -0.4 is 0 Å². The zero-order chi connectivity index (χ0) is 12.4. The Bertz CT molecular complexity index is 279. The van der Waals surface area contributed by atoms with Crippen molar-refractivity contribution >= 4 is 5.97 Å². The molecule has 4 unspecified atom stereocenters. The Labute approximate surface area is 104 Å². The molecule has 1 saturated carbocycles. The standard InChI is InChI=1S/C14H25NO2/c1-10-5-6-12(14(16)17)13(8-10)15-7-3-4-11(2)9-15/h10-13H,3-9H2,1-2H3,(H,16,17). The highest BCUT2D eigenvalue weighted by Gasteiger charge is 2.38. The fourth-order valence-corrected chi connectivity index (χ4v) is 3.57. The summed E-state index contributed by atoms with van der Waals surface area (Å²) in [4.78, 5) is 13.8. The van der Waals surface area contributed by atoms with Crippen LogP contribution in [0.25, 0.3) is 0 Å². The highest BCUT2D eigenvalue weighted by molar-refractivity contribution is 5.71. The lowest BCUT2D eigenvalue weighted by molar-refractivity contribution is -0.146. The van der Waals surface area contributed by atoms with Gasteiger partial charge >= 0.3 is 5.97 Å². The van der Waals surface area contributed by atoms with E-state index < -0.39 is 5.97 Å². The Morgan fingerprint density at radius 1 is 1.18 bits per heavy atom. The Kier molecular flexibility index (Phi) is 4.08. The first-order valence-electron chi connectivity index (χ1n) is 7.04. The van der Waals surface area contributed by atoms with Crippen molar-refractivity contribution in [2.75, 3.05) is 13.1 Å². The molecular weight excluding hydrogens is 214 g/mol. The highest BCUT2D eigenvalue weighted by atomic mass is 16.4. The van der Waals surface area contributed by atoms with Crippen LogP contribution in [0.5, 0.6) is 0 Å². The second kappa shape index (κ2) is 5.38. The summed E-state index contributed by atoms with van der Waals surface area (Å²) in [6, 6.07) is 0.291. The van der Waals surface area contributed by atoms with Gasteiger partial charge in [-0.2, -0.15) is 0 Å². The molecule has 1 aliphatic carbocycles. The fourth-order valence-electron chi connectivity index (χ4n) is 3.57. The second-order valence-electron chi connectivity index (χ2n) is 6.17. The zero-order valence-electron chi connectivity index (χ0n) is 11.1. The molecule has 98 valence electrons. The summed E-state index contributed by atoms with van der Waals surface area (Å²) in [6.45, 7) is 6.75. The van der Waals surface area contributed by atoms with Crippen molar-refractivity contribution in [2.24, 2.45) is 17.8 Å². The number of carbonyl (C=O) groups is 1. The Morgan fingerprint density at radius 3 is 2.59 bits per heavy atom. The van der Waals surface area contributed by atoms with Gasteiger partial charge in [0.25, 0.3) is 0 Å². The third kappa shape index (κ3) is 3.01. The van der Waals surface area contributed by atoms with Crippen LogP contribution >= 0.6 is 0 Å². The van der Waals surface area contributed by atoms with E-state index in [9.17, 15) is 9.90 Å². The van der Waals surface area contributed by atoms with Crippen molar-refractivity contribution in [3.8, 4) is 0 Å². The second-order valence-corrected chi connectivity index (χ2v) is 6.17. The molecule has 0 spiro atoms. The number of likely N-dealkylation sites (tertiary alicyclic amines) is 1. The largest absolute Gasteiger partial charge is 0.481 e. The van der Waals surface area contributed by atoms with Crippen molar-refractivity contribution in [1.29, 1.82) is 0 Å². The van der Waals surface area contributed by atoms with Crippen molar-refractivity contribution in [3.05, 3.63) is 0 Å². The molecule has 1 N–H and O–H groups in total. The molecule has 0 radical (unpaired) electrons. The maximum Gasteiger partial charge on any atom is 0.308 e. The molecule has 0 aromatic carbocycles. The van der Waals surface area contributed by atoms with E-state index in [1.54, 1.807) is 0 Å². The van der Waals surface area contributed by atoms with Gasteiger partial charge in [0.1, 0.15) is 0 Å². The number of carboxylic acid groups (broad SMARTS) is 1. The van der Waals surface area contributed by atoms with Crippen LogP contribution in [-0.4, -0.2) is 35.1 Å². The van der Waals surface area contributed by atoms with Gasteiger partial charge in [0.05, 0.1) is 5.92 Å². The van der Waals surface area contributed by atoms with Crippen LogP contribution in [0.2, 0.25) is 0 Å². The van der Waals surface area contributed by atoms with Gasteiger partial charge in [-0.1, -0.05) is 13.8 Å². The molecular formula is C14H25NO2. The maximum absolute atomic E-state index is 11.4. The third-order valence-corrected chi connectivity index (χ3v) is 4.55. The summed E-state index contributed by atoms with van der Waals surface area (Å²) in [5.74, 6) is 0.708. The van der Waals surface area contributed by atoms with Crippen molar-refractivity contribution in [3.63, 3.8) is 0 Å². The van der Waals surface area contributed by atoms with E-state index in [2.05, 4.69) is 18.7 Å². The molecule has 0 amide bonds. The lowest BCUT2D eigenvalue weighted by Gasteiger charge is -2.43. The van der Waals surface area contributed by atoms with E-state index in [4.69, 9.17) is 0 Å². The fraction of sp³-hybridized carbons (Fsp3) is 0.929. The van der Waals surface area contributed by atoms with E-state index >= 15 is 0 Å². The Morgan fingerprint density at radius 2 is 1.94 bits per heavy atom. The van der Waals surface area contributed by atoms with Gasteiger partial charge < -0.3 is 5.11 Å². The molecule has 1 aliphatic heterocycles. The number of piperidine rings is 1. The molecule has 4 atom stereocenters. The van der Waals surface area contributed by atoms with E-state index in [1.807, 2.05) is 0 Å². The Balaban J connectivity index is 2.05. The molecule has 3 heteroatoms. The van der Waals surface area contributed by atoms with E-state index in [1.165, 1.54) is 12.8 Å². The monoisotopic (exact) mass is 239 g/mol. The molecule has 2 rings (SSSR count). The molecule has 2 fully saturated rings. The van der Waals surface area contributed by atoms with Gasteiger partial charge in [-0.15, -0.1) is 0 Å². The van der Waals surface area contributed by atoms with Crippen molar-refractivity contribution in [2.45, 2.75) is 52.0 Å². The van der Waals surface area contributed by atoms with Crippen molar-refractivity contribution < 1.29 is 9.90 Å². The van der Waals surface area contributed by atoms with Crippen LogP contribution in [-0.2, 0) is 4.79 Å². The molecule has 1 saturated heterocycles. The van der Waals surface area contributed by atoms with Crippen LogP contribution in [0.1, 0.15) is 46.0 Å². The van der Waals surface area contributed by atoms with E-state index in [-0.39, 0.29) is 5.92 Å². The predicted octanol–water partition coefficient (Wildman–Crippen LogP) is 2.61. The highest BCUT2D eigenvalue weighted by Crippen LogP contribution is 2.34. The number of nitrogens with zero attached hydrogens (tertiary/aromatic N) is 1. The lowest BCUT2D eigenvalue weighted by atomic mass is 9.77. The van der Waals surface area contributed by atoms with Gasteiger partial charge in [0.15, 0.2) is 0 Å². The topological polar surface area (TPSA) is 40.5 Å². The third-order valence-electron chi connectivity index (χ3n) is 4.55. The summed E-state index contributed by atoms with van der Waals surface area (Å²) in [5, 5.41) is 9.36. The molecule has 2 aliphatic rings. The summed E-state index contributed by atoms with van der Waals surface area (Å²) in [6.07, 6.45) is 5.56. The summed E-state index contributed by atoms with van der Waals surface area (Å²) < 4.78 is 0. The Hall–Kier alpha value is -0.570. The van der Waals surface area contributed by atoms with Crippen LogP contribution in [0, 0.1) is 17.8 Å². The lowest BCUT2D eigenvalue weighted by Crippen LogP contribution is -2.50. The first kappa shape index (κ1) is 12.9. The summed E-state index contributed by atoms with van der Waals surface area (Å²) in [5.41, 5.74) is 0. The molecule has 0 aromatic heterocycles. The number of rotatable bonds is 2. The average molecular weight is 239 g/mol. The average Bonchev–Trinajstić information content (AvgIpc) is 2.28. The minimum atomic E-state index is -0.583. The van der Waals surface area contributed by atoms with Gasteiger partial charge in [-0.25, -0.2) is 0 Å². The normalized spacial score (nSPS) is 40.1. The van der Waals surface area contributed by atoms with Crippen LogP contribution in [0.15, 0.2) is 0 Å². The van der Waals surface area contributed by atoms with E-state index in [0.717, 1.165) is 38.3 Å². The summed E-state index contributed by atoms with van der Waals surface area (Å²) >= 11 is 0. The quantitative estimate of drug-likeness (QED) is 0.805.